The van der Waals surface area contributed by atoms with E-state index in [4.69, 9.17) is 5.11 Å². The van der Waals surface area contributed by atoms with Crippen LogP contribution < -0.4 is 5.32 Å². The molecule has 0 amide bonds. The Hall–Kier alpha value is -0.900. The molecular weight excluding hydrogens is 146 g/mol. The Balaban J connectivity index is 3.39. The van der Waals surface area contributed by atoms with Crippen molar-refractivity contribution in [2.45, 2.75) is 26.3 Å². The molecule has 0 spiro atoms. The van der Waals surface area contributed by atoms with Gasteiger partial charge in [-0.15, -0.1) is 0 Å². The second kappa shape index (κ2) is 4.85. The maximum Gasteiger partial charge on any atom is 0.304 e. The predicted octanol–water partition coefficient (Wildman–Crippen LogP) is 0.0282. The van der Waals surface area contributed by atoms with Gasteiger partial charge in [0.1, 0.15) is 5.78 Å². The summed E-state index contributed by atoms with van der Waals surface area (Å²) in [5.41, 5.74) is 0. The molecule has 11 heavy (non-hydrogen) atoms. The van der Waals surface area contributed by atoms with Crippen molar-refractivity contribution in [3.05, 3.63) is 0 Å². The minimum Gasteiger partial charge on any atom is -0.481 e. The van der Waals surface area contributed by atoms with Crippen LogP contribution in [0.2, 0.25) is 0 Å². The van der Waals surface area contributed by atoms with Crippen molar-refractivity contribution in [1.29, 1.82) is 0 Å². The summed E-state index contributed by atoms with van der Waals surface area (Å²) in [7, 11) is 0. The first kappa shape index (κ1) is 10.1. The van der Waals surface area contributed by atoms with Crippen molar-refractivity contribution < 1.29 is 14.7 Å². The molecule has 64 valence electrons. The van der Waals surface area contributed by atoms with Crippen molar-refractivity contribution >= 4 is 11.8 Å². The van der Waals surface area contributed by atoms with Crippen LogP contribution in [0.15, 0.2) is 0 Å². The molecule has 0 saturated carbocycles. The van der Waals surface area contributed by atoms with E-state index in [0.717, 1.165) is 0 Å². The van der Waals surface area contributed by atoms with E-state index >= 15 is 0 Å². The van der Waals surface area contributed by atoms with Gasteiger partial charge < -0.3 is 10.4 Å². The van der Waals surface area contributed by atoms with Gasteiger partial charge in [0.2, 0.25) is 0 Å². The number of carbonyl (C=O) groups excluding carboxylic acids is 1. The number of carboxylic acids is 1. The van der Waals surface area contributed by atoms with Gasteiger partial charge >= 0.3 is 5.97 Å². The number of ketones is 1. The van der Waals surface area contributed by atoms with Gasteiger partial charge in [-0.05, 0) is 13.8 Å². The van der Waals surface area contributed by atoms with Crippen LogP contribution in [0.25, 0.3) is 0 Å². The molecule has 0 aromatic rings. The molecule has 0 heterocycles. The molecule has 0 rings (SSSR count). The Morgan fingerprint density at radius 1 is 1.55 bits per heavy atom. The van der Waals surface area contributed by atoms with E-state index in [1.165, 1.54) is 6.92 Å². The monoisotopic (exact) mass is 159 g/mol. The van der Waals surface area contributed by atoms with Crippen LogP contribution in [0, 0.1) is 0 Å². The Morgan fingerprint density at radius 2 is 2.09 bits per heavy atom. The molecule has 1 atom stereocenters. The number of Topliss-reactive ketones (excluding diaryl/α,β-unsaturated/α-hetero) is 1. The Kier molecular flexibility index (Phi) is 4.45. The number of hydrogen-bond acceptors (Lipinski definition) is 3. The normalized spacial score (nSPS) is 12.5. The van der Waals surface area contributed by atoms with Gasteiger partial charge in [0.05, 0.1) is 12.5 Å². The van der Waals surface area contributed by atoms with E-state index in [0.29, 0.717) is 6.54 Å². The van der Waals surface area contributed by atoms with Gasteiger partial charge in [0.15, 0.2) is 0 Å². The van der Waals surface area contributed by atoms with Crippen molar-refractivity contribution in [2.75, 3.05) is 6.54 Å². The standard InChI is InChI=1S/C7H13NO3/c1-5(6(2)9)8-4-3-7(10)11/h5,8H,3-4H2,1-2H3,(H,10,11). The highest BCUT2D eigenvalue weighted by Crippen LogP contribution is 1.84. The van der Waals surface area contributed by atoms with Crippen LogP contribution in [0.3, 0.4) is 0 Å². The second-order valence-electron chi connectivity index (χ2n) is 2.43. The largest absolute Gasteiger partial charge is 0.481 e. The number of aliphatic carboxylic acids is 1. The molecule has 0 saturated heterocycles. The molecule has 0 fully saturated rings. The summed E-state index contributed by atoms with van der Waals surface area (Å²) in [6, 6.07) is -0.241. The van der Waals surface area contributed by atoms with Crippen LogP contribution in [-0.2, 0) is 9.59 Å². The minimum atomic E-state index is -0.853. The van der Waals surface area contributed by atoms with Crippen molar-refractivity contribution in [2.24, 2.45) is 0 Å². The second-order valence-corrected chi connectivity index (χ2v) is 2.43. The van der Waals surface area contributed by atoms with Crippen molar-refractivity contribution in [1.82, 2.24) is 5.32 Å². The summed E-state index contributed by atoms with van der Waals surface area (Å²) >= 11 is 0. The molecule has 4 heteroatoms. The van der Waals surface area contributed by atoms with Crippen molar-refractivity contribution in [3.8, 4) is 0 Å². The average molecular weight is 159 g/mol. The highest BCUT2D eigenvalue weighted by Gasteiger charge is 2.05. The quantitative estimate of drug-likeness (QED) is 0.594. The third-order valence-corrected chi connectivity index (χ3v) is 1.40. The first-order valence-electron chi connectivity index (χ1n) is 3.49. The smallest absolute Gasteiger partial charge is 0.304 e. The molecule has 2 N–H and O–H groups in total. The summed E-state index contributed by atoms with van der Waals surface area (Å²) in [5, 5.41) is 11.0. The lowest BCUT2D eigenvalue weighted by atomic mass is 10.2. The van der Waals surface area contributed by atoms with E-state index in [-0.39, 0.29) is 18.2 Å². The molecule has 0 radical (unpaired) electrons. The SMILES string of the molecule is CC(=O)C(C)NCCC(=O)O. The maximum absolute atomic E-state index is 10.6. The molecular formula is C7H13NO3. The van der Waals surface area contributed by atoms with Gasteiger partial charge in [0, 0.05) is 6.54 Å². The van der Waals surface area contributed by atoms with E-state index in [9.17, 15) is 9.59 Å². The highest BCUT2D eigenvalue weighted by molar-refractivity contribution is 5.80. The zero-order chi connectivity index (χ0) is 8.85. The summed E-state index contributed by atoms with van der Waals surface area (Å²) in [6.07, 6.45) is 0.0532. The zero-order valence-corrected chi connectivity index (χ0v) is 6.76. The topological polar surface area (TPSA) is 66.4 Å². The minimum absolute atomic E-state index is 0.0235. The van der Waals surface area contributed by atoms with Gasteiger partial charge in [-0.2, -0.15) is 0 Å². The lowest BCUT2D eigenvalue weighted by molar-refractivity contribution is -0.137. The molecule has 0 aliphatic heterocycles. The van der Waals surface area contributed by atoms with Crippen LogP contribution in [-0.4, -0.2) is 29.4 Å². The third kappa shape index (κ3) is 5.54. The van der Waals surface area contributed by atoms with E-state index < -0.39 is 5.97 Å². The number of carboxylic acid groups (broad SMARTS) is 1. The number of carbonyl (C=O) groups is 2. The molecule has 0 aliphatic carbocycles. The predicted molar refractivity (Wildman–Crippen MR) is 40.4 cm³/mol. The van der Waals surface area contributed by atoms with E-state index in [1.807, 2.05) is 0 Å². The first-order valence-corrected chi connectivity index (χ1v) is 3.49. The maximum atomic E-state index is 10.6. The lowest BCUT2D eigenvalue weighted by Crippen LogP contribution is -2.33. The summed E-state index contributed by atoms with van der Waals surface area (Å²) in [4.78, 5) is 20.6. The van der Waals surface area contributed by atoms with E-state index in [2.05, 4.69) is 5.32 Å². The molecule has 0 bridgehead atoms. The van der Waals surface area contributed by atoms with Crippen LogP contribution >= 0.6 is 0 Å². The van der Waals surface area contributed by atoms with Gasteiger partial charge in [-0.3, -0.25) is 9.59 Å². The number of rotatable bonds is 5. The summed E-state index contributed by atoms with van der Waals surface area (Å²) in [6.45, 7) is 3.53. The molecule has 0 aromatic carbocycles. The van der Waals surface area contributed by atoms with Crippen LogP contribution in [0.4, 0.5) is 0 Å². The summed E-state index contributed by atoms with van der Waals surface area (Å²) < 4.78 is 0. The van der Waals surface area contributed by atoms with Gasteiger partial charge in [-0.1, -0.05) is 0 Å². The Labute approximate surface area is 65.6 Å². The number of hydrogen-bond donors (Lipinski definition) is 2. The number of nitrogens with one attached hydrogen (secondary N) is 1. The van der Waals surface area contributed by atoms with Gasteiger partial charge in [0.25, 0.3) is 0 Å². The highest BCUT2D eigenvalue weighted by atomic mass is 16.4. The molecule has 0 aliphatic rings. The average Bonchev–Trinajstić information content (AvgIpc) is 1.86. The Bertz CT molecular complexity index is 156. The third-order valence-electron chi connectivity index (χ3n) is 1.40. The molecule has 0 aromatic heterocycles. The fourth-order valence-corrected chi connectivity index (χ4v) is 0.539. The Morgan fingerprint density at radius 3 is 2.45 bits per heavy atom. The van der Waals surface area contributed by atoms with Crippen molar-refractivity contribution in [3.63, 3.8) is 0 Å². The van der Waals surface area contributed by atoms with Crippen LogP contribution in [0.1, 0.15) is 20.3 Å². The van der Waals surface area contributed by atoms with Gasteiger partial charge in [-0.25, -0.2) is 0 Å². The molecule has 1 unspecified atom stereocenters. The van der Waals surface area contributed by atoms with E-state index in [1.54, 1.807) is 6.92 Å². The first-order chi connectivity index (χ1) is 5.04. The van der Waals surface area contributed by atoms with Crippen LogP contribution in [0.5, 0.6) is 0 Å². The molecule has 4 nitrogen and oxygen atoms in total. The fourth-order valence-electron chi connectivity index (χ4n) is 0.539. The zero-order valence-electron chi connectivity index (χ0n) is 6.76. The lowest BCUT2D eigenvalue weighted by Gasteiger charge is -2.07. The summed E-state index contributed by atoms with van der Waals surface area (Å²) in [5.74, 6) is -0.830. The fraction of sp³-hybridized carbons (Fsp3) is 0.714.